The Kier molecular flexibility index (Phi) is 5.34. The van der Waals surface area contributed by atoms with Crippen LogP contribution in [-0.2, 0) is 0 Å². The Hall–Kier alpha value is -1.70. The summed E-state index contributed by atoms with van der Waals surface area (Å²) in [5, 5.41) is 0. The molecular weight excluding hydrogens is 349 g/mol. The van der Waals surface area contributed by atoms with Crippen LogP contribution in [0, 0.1) is 19.8 Å². The third-order valence-corrected chi connectivity index (χ3v) is 7.79. The molecule has 0 N–H and O–H groups in total. The van der Waals surface area contributed by atoms with Gasteiger partial charge in [0, 0.05) is 5.69 Å². The average molecular weight is 387 g/mol. The lowest BCUT2D eigenvalue weighted by molar-refractivity contribution is 0.524. The zero-order valence-electron chi connectivity index (χ0n) is 19.7. The van der Waals surface area contributed by atoms with Crippen molar-refractivity contribution in [1.82, 2.24) is 0 Å². The summed E-state index contributed by atoms with van der Waals surface area (Å²) < 4.78 is 0. The van der Waals surface area contributed by atoms with Crippen molar-refractivity contribution < 1.29 is 0 Å². The van der Waals surface area contributed by atoms with Gasteiger partial charge in [-0.15, -0.1) is 0 Å². The molecule has 2 heteroatoms. The van der Waals surface area contributed by atoms with Gasteiger partial charge in [-0.05, 0) is 89.7 Å². The number of rotatable bonds is 3. The van der Waals surface area contributed by atoms with Crippen LogP contribution in [0.3, 0.4) is 0 Å². The fourth-order valence-electron chi connectivity index (χ4n) is 6.57. The van der Waals surface area contributed by atoms with E-state index in [1.54, 1.807) is 22.2 Å². The SMILES string of the molecule is Cc1cc(C)c2c(c1)N(C)B(c1c(C(C)C)cccc1C(C)C)C1CC[C@H](C)C21. The molecular formula is C27H38BN. The van der Waals surface area contributed by atoms with E-state index in [2.05, 4.69) is 90.7 Å². The molecule has 1 aliphatic heterocycles. The highest BCUT2D eigenvalue weighted by Gasteiger charge is 2.50. The zero-order valence-corrected chi connectivity index (χ0v) is 19.7. The van der Waals surface area contributed by atoms with Crippen molar-refractivity contribution in [3.8, 4) is 0 Å². The van der Waals surface area contributed by atoms with Gasteiger partial charge in [0.05, 0.1) is 0 Å². The van der Waals surface area contributed by atoms with E-state index in [0.29, 0.717) is 30.4 Å². The molecule has 2 aromatic rings. The van der Waals surface area contributed by atoms with Crippen molar-refractivity contribution in [2.45, 2.75) is 84.9 Å². The summed E-state index contributed by atoms with van der Waals surface area (Å²) in [4.78, 5) is 2.65. The van der Waals surface area contributed by atoms with E-state index in [1.165, 1.54) is 29.7 Å². The number of anilines is 1. The van der Waals surface area contributed by atoms with E-state index in [4.69, 9.17) is 0 Å². The zero-order chi connectivity index (χ0) is 21.0. The molecule has 29 heavy (non-hydrogen) atoms. The molecule has 0 bridgehead atoms. The topological polar surface area (TPSA) is 3.24 Å². The molecule has 0 aromatic heterocycles. The van der Waals surface area contributed by atoms with Gasteiger partial charge in [0.25, 0.3) is 6.85 Å². The molecule has 1 fully saturated rings. The molecule has 2 unspecified atom stereocenters. The summed E-state index contributed by atoms with van der Waals surface area (Å²) in [6, 6.07) is 11.9. The first-order chi connectivity index (χ1) is 13.7. The van der Waals surface area contributed by atoms with E-state index < -0.39 is 0 Å². The normalized spacial score (nSPS) is 23.7. The summed E-state index contributed by atoms with van der Waals surface area (Å²) in [6.45, 7) is 17.0. The molecule has 2 aliphatic rings. The Morgan fingerprint density at radius 1 is 0.966 bits per heavy atom. The highest BCUT2D eigenvalue weighted by Crippen LogP contribution is 2.56. The van der Waals surface area contributed by atoms with E-state index in [-0.39, 0.29) is 0 Å². The van der Waals surface area contributed by atoms with Crippen LogP contribution < -0.4 is 10.3 Å². The van der Waals surface area contributed by atoms with Crippen LogP contribution in [0.25, 0.3) is 0 Å². The number of nitrogens with zero attached hydrogens (tertiary/aromatic N) is 1. The molecule has 3 atom stereocenters. The second kappa shape index (κ2) is 7.53. The van der Waals surface area contributed by atoms with E-state index in [9.17, 15) is 0 Å². The van der Waals surface area contributed by atoms with Gasteiger partial charge in [-0.1, -0.05) is 71.7 Å². The Morgan fingerprint density at radius 3 is 2.17 bits per heavy atom. The highest BCUT2D eigenvalue weighted by molar-refractivity contribution is 6.79. The third kappa shape index (κ3) is 3.24. The fraction of sp³-hybridized carbons (Fsp3) is 0.556. The first-order valence-corrected chi connectivity index (χ1v) is 11.7. The van der Waals surface area contributed by atoms with Crippen molar-refractivity contribution in [2.24, 2.45) is 5.92 Å². The van der Waals surface area contributed by atoms with Gasteiger partial charge < -0.3 is 4.81 Å². The minimum absolute atomic E-state index is 0.481. The van der Waals surface area contributed by atoms with Gasteiger partial charge in [-0.25, -0.2) is 0 Å². The maximum Gasteiger partial charge on any atom is 0.293 e. The van der Waals surface area contributed by atoms with Gasteiger partial charge in [0.2, 0.25) is 0 Å². The molecule has 154 valence electrons. The molecule has 0 spiro atoms. The van der Waals surface area contributed by atoms with Crippen LogP contribution in [0.5, 0.6) is 0 Å². The monoisotopic (exact) mass is 387 g/mol. The van der Waals surface area contributed by atoms with Crippen LogP contribution in [-0.4, -0.2) is 13.9 Å². The van der Waals surface area contributed by atoms with Crippen LogP contribution in [0.15, 0.2) is 30.3 Å². The van der Waals surface area contributed by atoms with E-state index in [1.807, 2.05) is 0 Å². The highest BCUT2D eigenvalue weighted by atomic mass is 15.1. The molecule has 1 saturated carbocycles. The van der Waals surface area contributed by atoms with Crippen molar-refractivity contribution in [3.63, 3.8) is 0 Å². The second-order valence-corrected chi connectivity index (χ2v) is 10.5. The lowest BCUT2D eigenvalue weighted by Crippen LogP contribution is -2.56. The number of fused-ring (bicyclic) bond motifs is 3. The summed E-state index contributed by atoms with van der Waals surface area (Å²) in [6.07, 6.45) is 2.70. The second-order valence-electron chi connectivity index (χ2n) is 10.5. The smallest absolute Gasteiger partial charge is 0.293 e. The average Bonchev–Trinajstić information content (AvgIpc) is 3.02. The fourth-order valence-corrected chi connectivity index (χ4v) is 6.57. The molecule has 1 heterocycles. The van der Waals surface area contributed by atoms with Gasteiger partial charge in [-0.3, -0.25) is 0 Å². The van der Waals surface area contributed by atoms with Gasteiger partial charge in [0.1, 0.15) is 0 Å². The molecule has 0 amide bonds. The first kappa shape index (κ1) is 20.6. The van der Waals surface area contributed by atoms with Crippen LogP contribution in [0.1, 0.15) is 93.0 Å². The quantitative estimate of drug-likeness (QED) is 0.525. The maximum atomic E-state index is 2.65. The lowest BCUT2D eigenvalue weighted by Gasteiger charge is -2.45. The minimum atomic E-state index is 0.481. The van der Waals surface area contributed by atoms with Crippen LogP contribution >= 0.6 is 0 Å². The molecule has 0 radical (unpaired) electrons. The largest absolute Gasteiger partial charge is 0.413 e. The van der Waals surface area contributed by atoms with E-state index in [0.717, 1.165) is 5.92 Å². The van der Waals surface area contributed by atoms with Crippen molar-refractivity contribution in [2.75, 3.05) is 11.9 Å². The predicted molar refractivity (Wildman–Crippen MR) is 129 cm³/mol. The number of benzene rings is 2. The predicted octanol–water partition coefficient (Wildman–Crippen LogP) is 6.78. The Labute approximate surface area is 179 Å². The maximum absolute atomic E-state index is 2.65. The Morgan fingerprint density at radius 2 is 1.59 bits per heavy atom. The van der Waals surface area contributed by atoms with Gasteiger partial charge in [0.15, 0.2) is 0 Å². The summed E-state index contributed by atoms with van der Waals surface area (Å²) >= 11 is 0. The molecule has 0 saturated heterocycles. The Bertz CT molecular complexity index is 887. The molecule has 1 aliphatic carbocycles. The third-order valence-electron chi connectivity index (χ3n) is 7.79. The van der Waals surface area contributed by atoms with Crippen molar-refractivity contribution in [1.29, 1.82) is 0 Å². The molecule has 1 nitrogen and oxygen atoms in total. The van der Waals surface area contributed by atoms with Crippen LogP contribution in [0.2, 0.25) is 5.82 Å². The van der Waals surface area contributed by atoms with Crippen molar-refractivity contribution >= 4 is 18.0 Å². The first-order valence-electron chi connectivity index (χ1n) is 11.7. The van der Waals surface area contributed by atoms with Crippen LogP contribution in [0.4, 0.5) is 5.69 Å². The summed E-state index contributed by atoms with van der Waals surface area (Å²) in [5.74, 6) is 3.27. The number of hydrogen-bond donors (Lipinski definition) is 0. The molecule has 4 rings (SSSR count). The lowest BCUT2D eigenvalue weighted by atomic mass is 9.38. The van der Waals surface area contributed by atoms with Gasteiger partial charge >= 0.3 is 0 Å². The summed E-state index contributed by atoms with van der Waals surface area (Å²) in [5.41, 5.74) is 10.7. The number of hydrogen-bond acceptors (Lipinski definition) is 1. The Balaban J connectivity index is 1.99. The van der Waals surface area contributed by atoms with Crippen molar-refractivity contribution in [3.05, 3.63) is 58.1 Å². The standard InChI is InChI=1S/C27H38BN/c1-16(2)21-10-9-11-22(17(3)4)27(21)28-23-13-12-19(6)25(23)26-20(7)14-18(5)15-24(26)29(28)8/h9-11,14-17,19,23,25H,12-13H2,1-8H3/t19-,23?,25?/m0/s1. The minimum Gasteiger partial charge on any atom is -0.413 e. The summed E-state index contributed by atoms with van der Waals surface area (Å²) in [7, 11) is 2.36. The van der Waals surface area contributed by atoms with Gasteiger partial charge in [-0.2, -0.15) is 0 Å². The number of aryl methyl sites for hydroxylation is 2. The molecule has 2 aromatic carbocycles. The van der Waals surface area contributed by atoms with E-state index >= 15 is 0 Å².